The Labute approximate surface area is 92.6 Å². The molecule has 2 heteroatoms. The number of nitrogens with two attached hydrogens (primary N) is 1. The minimum absolute atomic E-state index is 0.202. The molecule has 15 heavy (non-hydrogen) atoms. The fourth-order valence-electron chi connectivity index (χ4n) is 3.02. The summed E-state index contributed by atoms with van der Waals surface area (Å²) in [6.07, 6.45) is 12.2. The Bertz CT molecular complexity index is 249. The molecule has 0 aliphatic heterocycles. The van der Waals surface area contributed by atoms with Crippen LogP contribution in [-0.2, 0) is 0 Å². The topological polar surface area (TPSA) is 46.2 Å². The third-order valence-corrected chi connectivity index (χ3v) is 3.90. The molecule has 2 aliphatic carbocycles. The van der Waals surface area contributed by atoms with Crippen molar-refractivity contribution < 1.29 is 5.11 Å². The molecular weight excluding hydrogens is 186 g/mol. The van der Waals surface area contributed by atoms with Gasteiger partial charge in [-0.25, -0.2) is 0 Å². The summed E-state index contributed by atoms with van der Waals surface area (Å²) in [7, 11) is 0. The van der Waals surface area contributed by atoms with Crippen molar-refractivity contribution in [3.8, 4) is 0 Å². The van der Waals surface area contributed by atoms with Crippen LogP contribution in [0.4, 0.5) is 0 Å². The van der Waals surface area contributed by atoms with Crippen LogP contribution in [0.1, 0.15) is 57.8 Å². The summed E-state index contributed by atoms with van der Waals surface area (Å²) < 4.78 is 0. The number of hydrogen-bond acceptors (Lipinski definition) is 2. The first-order chi connectivity index (χ1) is 7.21. The lowest BCUT2D eigenvalue weighted by Crippen LogP contribution is -2.42. The van der Waals surface area contributed by atoms with Gasteiger partial charge in [-0.3, -0.25) is 0 Å². The van der Waals surface area contributed by atoms with E-state index >= 15 is 0 Å². The summed E-state index contributed by atoms with van der Waals surface area (Å²) >= 11 is 0. The predicted octanol–water partition coefficient (Wildman–Crippen LogP) is 2.51. The van der Waals surface area contributed by atoms with Gasteiger partial charge in [0.15, 0.2) is 0 Å². The highest BCUT2D eigenvalue weighted by Crippen LogP contribution is 2.37. The third kappa shape index (κ3) is 2.61. The Kier molecular flexibility index (Phi) is 3.47. The average Bonchev–Trinajstić information content (AvgIpc) is 2.45. The second kappa shape index (κ2) is 4.67. The van der Waals surface area contributed by atoms with Crippen molar-refractivity contribution in [2.75, 3.05) is 0 Å². The van der Waals surface area contributed by atoms with Crippen molar-refractivity contribution in [1.82, 2.24) is 0 Å². The summed E-state index contributed by atoms with van der Waals surface area (Å²) in [5.74, 6) is 0. The Balaban J connectivity index is 2.08. The largest absolute Gasteiger partial charge is 0.385 e. The smallest absolute Gasteiger partial charge is 0.0871 e. The van der Waals surface area contributed by atoms with Gasteiger partial charge in [0.1, 0.15) is 0 Å². The normalized spacial score (nSPS) is 38.3. The van der Waals surface area contributed by atoms with Crippen molar-refractivity contribution in [2.24, 2.45) is 5.73 Å². The van der Waals surface area contributed by atoms with Crippen LogP contribution in [0.2, 0.25) is 0 Å². The maximum absolute atomic E-state index is 10.6. The Morgan fingerprint density at radius 2 is 2.13 bits per heavy atom. The van der Waals surface area contributed by atoms with E-state index < -0.39 is 5.60 Å². The predicted molar refractivity (Wildman–Crippen MR) is 62.6 cm³/mol. The molecule has 0 saturated heterocycles. The van der Waals surface area contributed by atoms with Gasteiger partial charge in [-0.2, -0.15) is 0 Å². The summed E-state index contributed by atoms with van der Waals surface area (Å²) in [5.41, 5.74) is 6.70. The van der Waals surface area contributed by atoms with Gasteiger partial charge < -0.3 is 10.8 Å². The van der Waals surface area contributed by atoms with E-state index in [1.54, 1.807) is 0 Å². The van der Waals surface area contributed by atoms with Crippen LogP contribution >= 0.6 is 0 Å². The lowest BCUT2D eigenvalue weighted by Gasteiger charge is -2.37. The molecule has 86 valence electrons. The minimum Gasteiger partial charge on any atom is -0.385 e. The van der Waals surface area contributed by atoms with E-state index in [0.717, 1.165) is 38.5 Å². The lowest BCUT2D eigenvalue weighted by atomic mass is 9.76. The van der Waals surface area contributed by atoms with Gasteiger partial charge in [0.2, 0.25) is 0 Å². The fourth-order valence-corrected chi connectivity index (χ4v) is 3.02. The van der Waals surface area contributed by atoms with Gasteiger partial charge >= 0.3 is 0 Å². The third-order valence-electron chi connectivity index (χ3n) is 3.90. The van der Waals surface area contributed by atoms with Crippen LogP contribution in [0.15, 0.2) is 11.6 Å². The molecule has 0 bridgehead atoms. The van der Waals surface area contributed by atoms with Crippen LogP contribution in [0, 0.1) is 0 Å². The van der Waals surface area contributed by atoms with Crippen LogP contribution in [0.3, 0.4) is 0 Å². The average molecular weight is 209 g/mol. The van der Waals surface area contributed by atoms with Gasteiger partial charge in [0.25, 0.3) is 0 Å². The Morgan fingerprint density at radius 1 is 1.27 bits per heavy atom. The van der Waals surface area contributed by atoms with Crippen LogP contribution < -0.4 is 5.73 Å². The van der Waals surface area contributed by atoms with E-state index in [4.69, 9.17) is 5.73 Å². The van der Waals surface area contributed by atoms with Crippen molar-refractivity contribution >= 4 is 0 Å². The molecule has 2 nitrogen and oxygen atoms in total. The molecule has 0 radical (unpaired) electrons. The van der Waals surface area contributed by atoms with E-state index in [2.05, 4.69) is 6.08 Å². The monoisotopic (exact) mass is 209 g/mol. The highest BCUT2D eigenvalue weighted by molar-refractivity contribution is 5.19. The van der Waals surface area contributed by atoms with E-state index in [-0.39, 0.29) is 6.04 Å². The van der Waals surface area contributed by atoms with E-state index in [1.807, 2.05) is 0 Å². The lowest BCUT2D eigenvalue weighted by molar-refractivity contribution is 0.0291. The minimum atomic E-state index is -0.554. The van der Waals surface area contributed by atoms with Crippen LogP contribution in [0.25, 0.3) is 0 Å². The Hall–Kier alpha value is -0.340. The molecule has 2 rings (SSSR count). The first kappa shape index (κ1) is 11.2. The quantitative estimate of drug-likeness (QED) is 0.652. The molecule has 1 fully saturated rings. The fraction of sp³-hybridized carbons (Fsp3) is 0.846. The van der Waals surface area contributed by atoms with Gasteiger partial charge in [-0.05, 0) is 56.9 Å². The van der Waals surface area contributed by atoms with Gasteiger partial charge in [-0.15, -0.1) is 0 Å². The molecule has 0 spiro atoms. The molecule has 0 aromatic heterocycles. The molecule has 2 atom stereocenters. The van der Waals surface area contributed by atoms with Gasteiger partial charge in [-0.1, -0.05) is 12.5 Å². The van der Waals surface area contributed by atoms with Crippen LogP contribution in [0.5, 0.6) is 0 Å². The van der Waals surface area contributed by atoms with Gasteiger partial charge in [0.05, 0.1) is 5.60 Å². The highest BCUT2D eigenvalue weighted by atomic mass is 16.3. The molecule has 2 unspecified atom stereocenters. The van der Waals surface area contributed by atoms with Crippen molar-refractivity contribution in [2.45, 2.75) is 69.4 Å². The Morgan fingerprint density at radius 3 is 2.93 bits per heavy atom. The van der Waals surface area contributed by atoms with E-state index in [0.29, 0.717) is 0 Å². The molecule has 1 saturated carbocycles. The first-order valence-corrected chi connectivity index (χ1v) is 6.38. The molecule has 0 amide bonds. The van der Waals surface area contributed by atoms with Gasteiger partial charge in [0, 0.05) is 6.04 Å². The maximum atomic E-state index is 10.6. The zero-order valence-corrected chi connectivity index (χ0v) is 9.54. The molecule has 3 N–H and O–H groups in total. The second-order valence-corrected chi connectivity index (χ2v) is 5.22. The molecule has 2 aliphatic rings. The maximum Gasteiger partial charge on any atom is 0.0871 e. The summed E-state index contributed by atoms with van der Waals surface area (Å²) in [4.78, 5) is 0. The summed E-state index contributed by atoms with van der Waals surface area (Å²) in [6, 6.07) is 0.202. The second-order valence-electron chi connectivity index (χ2n) is 5.22. The first-order valence-electron chi connectivity index (χ1n) is 6.38. The number of hydrogen-bond donors (Lipinski definition) is 2. The molecule has 0 aromatic rings. The van der Waals surface area contributed by atoms with E-state index in [1.165, 1.54) is 24.8 Å². The molecule has 0 heterocycles. The number of rotatable bonds is 1. The zero-order chi connectivity index (χ0) is 10.7. The molecular formula is C13H23NO. The van der Waals surface area contributed by atoms with Crippen LogP contribution in [-0.4, -0.2) is 16.7 Å². The standard InChI is InChI=1S/C13H23NO/c14-12-8-5-9-13(15,10-12)11-6-3-1-2-4-7-11/h6,12,15H,1-5,7-10,14H2. The molecule has 0 aromatic carbocycles. The number of aliphatic hydroxyl groups is 1. The SMILES string of the molecule is NC1CCCC(O)(C2=CCCCCC2)C1. The number of allylic oxidation sites excluding steroid dienone is 1. The summed E-state index contributed by atoms with van der Waals surface area (Å²) in [5, 5.41) is 10.6. The van der Waals surface area contributed by atoms with Crippen molar-refractivity contribution in [1.29, 1.82) is 0 Å². The zero-order valence-electron chi connectivity index (χ0n) is 9.54. The highest BCUT2D eigenvalue weighted by Gasteiger charge is 2.35. The van der Waals surface area contributed by atoms with Crippen molar-refractivity contribution in [3.05, 3.63) is 11.6 Å². The van der Waals surface area contributed by atoms with E-state index in [9.17, 15) is 5.11 Å². The summed E-state index contributed by atoms with van der Waals surface area (Å²) in [6.45, 7) is 0. The van der Waals surface area contributed by atoms with Crippen molar-refractivity contribution in [3.63, 3.8) is 0 Å².